The minimum atomic E-state index is -0.463. The summed E-state index contributed by atoms with van der Waals surface area (Å²) in [4.78, 5) is 11.2. The summed E-state index contributed by atoms with van der Waals surface area (Å²) in [6, 6.07) is 0. The van der Waals surface area contributed by atoms with Gasteiger partial charge in [0.05, 0.1) is 12.7 Å². The molecule has 0 saturated carbocycles. The fourth-order valence-electron chi connectivity index (χ4n) is 0.832. The Labute approximate surface area is 91.6 Å². The number of carbonyl (C=O) groups excluding carboxylic acids is 1. The first-order chi connectivity index (χ1) is 6.85. The summed E-state index contributed by atoms with van der Waals surface area (Å²) in [5, 5.41) is 2.63. The molecule has 0 aliphatic rings. The van der Waals surface area contributed by atoms with Crippen LogP contribution in [0.5, 0.6) is 0 Å². The Morgan fingerprint density at radius 2 is 2.13 bits per heavy atom. The maximum atomic E-state index is 11.2. The van der Waals surface area contributed by atoms with E-state index in [0.717, 1.165) is 0 Å². The van der Waals surface area contributed by atoms with Crippen molar-refractivity contribution >= 4 is 6.09 Å². The Balaban J connectivity index is 3.66. The zero-order valence-corrected chi connectivity index (χ0v) is 10.0. The van der Waals surface area contributed by atoms with Crippen molar-refractivity contribution in [2.45, 2.75) is 39.4 Å². The van der Waals surface area contributed by atoms with Crippen LogP contribution in [-0.4, -0.2) is 30.9 Å². The molecule has 0 saturated heterocycles. The minimum absolute atomic E-state index is 0.0458. The van der Waals surface area contributed by atoms with E-state index in [1.54, 1.807) is 6.08 Å². The second-order valence-electron chi connectivity index (χ2n) is 4.32. The number of amides is 1. The van der Waals surface area contributed by atoms with E-state index in [0.29, 0.717) is 13.2 Å². The van der Waals surface area contributed by atoms with Gasteiger partial charge in [-0.05, 0) is 27.7 Å². The summed E-state index contributed by atoms with van der Waals surface area (Å²) in [6.07, 6.45) is 1.20. The molecule has 0 rings (SSSR count). The van der Waals surface area contributed by atoms with Gasteiger partial charge in [-0.3, -0.25) is 0 Å². The maximum absolute atomic E-state index is 11.2. The summed E-state index contributed by atoms with van der Waals surface area (Å²) in [5.41, 5.74) is -0.463. The molecule has 0 aliphatic carbocycles. The predicted molar refractivity (Wildman–Crippen MR) is 59.8 cm³/mol. The van der Waals surface area contributed by atoms with Gasteiger partial charge in [0.15, 0.2) is 0 Å². The molecule has 88 valence electrons. The maximum Gasteiger partial charge on any atom is 0.407 e. The van der Waals surface area contributed by atoms with Crippen LogP contribution in [0, 0.1) is 0 Å². The Bertz CT molecular complexity index is 208. The number of rotatable bonds is 5. The highest BCUT2D eigenvalue weighted by Gasteiger charge is 2.16. The second-order valence-corrected chi connectivity index (χ2v) is 4.32. The molecule has 15 heavy (non-hydrogen) atoms. The van der Waals surface area contributed by atoms with Crippen LogP contribution in [0.25, 0.3) is 0 Å². The highest BCUT2D eigenvalue weighted by molar-refractivity contribution is 5.67. The predicted octanol–water partition coefficient (Wildman–Crippen LogP) is 2.10. The molecule has 1 N–H and O–H groups in total. The third kappa shape index (κ3) is 9.28. The van der Waals surface area contributed by atoms with Gasteiger partial charge in [0.2, 0.25) is 0 Å². The van der Waals surface area contributed by atoms with E-state index >= 15 is 0 Å². The first kappa shape index (κ1) is 14.0. The first-order valence-corrected chi connectivity index (χ1v) is 5.04. The normalized spacial score (nSPS) is 13.1. The Morgan fingerprint density at radius 3 is 2.60 bits per heavy atom. The zero-order chi connectivity index (χ0) is 11.9. The smallest absolute Gasteiger partial charge is 0.407 e. The van der Waals surface area contributed by atoms with Crippen molar-refractivity contribution in [1.82, 2.24) is 5.32 Å². The molecule has 0 unspecified atom stereocenters. The number of carbonyl (C=O) groups is 1. The molecule has 4 nitrogen and oxygen atoms in total. The molecule has 0 aromatic heterocycles. The monoisotopic (exact) mass is 215 g/mol. The number of ether oxygens (including phenoxy) is 2. The fraction of sp³-hybridized carbons (Fsp3) is 0.727. The fourth-order valence-corrected chi connectivity index (χ4v) is 0.832. The van der Waals surface area contributed by atoms with Crippen LogP contribution in [0.1, 0.15) is 27.7 Å². The molecule has 4 heteroatoms. The van der Waals surface area contributed by atoms with E-state index in [9.17, 15) is 4.79 Å². The summed E-state index contributed by atoms with van der Waals surface area (Å²) >= 11 is 0. The summed E-state index contributed by atoms with van der Waals surface area (Å²) in [6.45, 7) is 11.8. The largest absolute Gasteiger partial charge is 0.444 e. The van der Waals surface area contributed by atoms with Crippen molar-refractivity contribution in [2.75, 3.05) is 13.2 Å². The van der Waals surface area contributed by atoms with Crippen LogP contribution in [0.2, 0.25) is 0 Å². The molecule has 0 aliphatic heterocycles. The highest BCUT2D eigenvalue weighted by Crippen LogP contribution is 2.06. The second kappa shape index (κ2) is 6.45. The van der Waals surface area contributed by atoms with Crippen LogP contribution in [-0.2, 0) is 9.47 Å². The Kier molecular flexibility index (Phi) is 6.01. The molecule has 0 heterocycles. The van der Waals surface area contributed by atoms with Crippen molar-refractivity contribution in [3.05, 3.63) is 12.7 Å². The first-order valence-electron chi connectivity index (χ1n) is 5.04. The molecule has 0 aromatic carbocycles. The van der Waals surface area contributed by atoms with E-state index in [1.165, 1.54) is 0 Å². The van der Waals surface area contributed by atoms with Gasteiger partial charge in [0.1, 0.15) is 5.60 Å². The molecule has 0 spiro atoms. The van der Waals surface area contributed by atoms with Crippen molar-refractivity contribution in [3.63, 3.8) is 0 Å². The van der Waals surface area contributed by atoms with Gasteiger partial charge in [-0.25, -0.2) is 4.79 Å². The lowest BCUT2D eigenvalue weighted by Gasteiger charge is -2.20. The SMILES string of the molecule is C=CCO[C@@H](C)CNC(=O)OC(C)(C)C. The van der Waals surface area contributed by atoms with E-state index in [1.807, 2.05) is 27.7 Å². The van der Waals surface area contributed by atoms with Crippen LogP contribution in [0.3, 0.4) is 0 Å². The average molecular weight is 215 g/mol. The van der Waals surface area contributed by atoms with Crippen LogP contribution in [0.4, 0.5) is 4.79 Å². The molecule has 0 fully saturated rings. The van der Waals surface area contributed by atoms with Crippen LogP contribution in [0.15, 0.2) is 12.7 Å². The van der Waals surface area contributed by atoms with Gasteiger partial charge in [-0.15, -0.1) is 6.58 Å². The van der Waals surface area contributed by atoms with Crippen molar-refractivity contribution in [2.24, 2.45) is 0 Å². The topological polar surface area (TPSA) is 47.6 Å². The third-order valence-electron chi connectivity index (χ3n) is 1.43. The molecule has 1 amide bonds. The average Bonchev–Trinajstić information content (AvgIpc) is 2.08. The molecule has 0 bridgehead atoms. The molecule has 1 atom stereocenters. The lowest BCUT2D eigenvalue weighted by atomic mass is 10.2. The van der Waals surface area contributed by atoms with Gasteiger partial charge >= 0.3 is 6.09 Å². The lowest BCUT2D eigenvalue weighted by molar-refractivity contribution is 0.0443. The Morgan fingerprint density at radius 1 is 1.53 bits per heavy atom. The molecular formula is C11H21NO3. The summed E-state index contributed by atoms with van der Waals surface area (Å²) < 4.78 is 10.4. The minimum Gasteiger partial charge on any atom is -0.444 e. The third-order valence-corrected chi connectivity index (χ3v) is 1.43. The van der Waals surface area contributed by atoms with Crippen molar-refractivity contribution in [3.8, 4) is 0 Å². The van der Waals surface area contributed by atoms with Gasteiger partial charge in [-0.1, -0.05) is 6.08 Å². The molecule has 0 radical (unpaired) electrons. The standard InChI is InChI=1S/C11H21NO3/c1-6-7-14-9(2)8-12-10(13)15-11(3,4)5/h6,9H,1,7-8H2,2-5H3,(H,12,13)/t9-/m0/s1. The van der Waals surface area contributed by atoms with Crippen LogP contribution >= 0.6 is 0 Å². The molecule has 0 aromatic rings. The number of hydrogen-bond acceptors (Lipinski definition) is 3. The van der Waals surface area contributed by atoms with Gasteiger partial charge in [-0.2, -0.15) is 0 Å². The van der Waals surface area contributed by atoms with Gasteiger partial charge < -0.3 is 14.8 Å². The van der Waals surface area contributed by atoms with E-state index in [-0.39, 0.29) is 6.10 Å². The lowest BCUT2D eigenvalue weighted by Crippen LogP contribution is -2.36. The number of nitrogens with one attached hydrogen (secondary N) is 1. The molecular weight excluding hydrogens is 194 g/mol. The van der Waals surface area contributed by atoms with E-state index in [2.05, 4.69) is 11.9 Å². The van der Waals surface area contributed by atoms with E-state index < -0.39 is 11.7 Å². The van der Waals surface area contributed by atoms with E-state index in [4.69, 9.17) is 9.47 Å². The van der Waals surface area contributed by atoms with Crippen LogP contribution < -0.4 is 5.32 Å². The van der Waals surface area contributed by atoms with Gasteiger partial charge in [0, 0.05) is 6.54 Å². The summed E-state index contributed by atoms with van der Waals surface area (Å²) in [5.74, 6) is 0. The van der Waals surface area contributed by atoms with Crippen molar-refractivity contribution < 1.29 is 14.3 Å². The number of alkyl carbamates (subject to hydrolysis) is 1. The summed E-state index contributed by atoms with van der Waals surface area (Å²) in [7, 11) is 0. The number of hydrogen-bond donors (Lipinski definition) is 1. The zero-order valence-electron chi connectivity index (χ0n) is 10.0. The quantitative estimate of drug-likeness (QED) is 0.714. The van der Waals surface area contributed by atoms with Crippen molar-refractivity contribution in [1.29, 1.82) is 0 Å². The Hall–Kier alpha value is -1.03. The highest BCUT2D eigenvalue weighted by atomic mass is 16.6. The van der Waals surface area contributed by atoms with Gasteiger partial charge in [0.25, 0.3) is 0 Å².